The van der Waals surface area contributed by atoms with Crippen molar-refractivity contribution >= 4 is 5.82 Å². The molecule has 0 saturated carbocycles. The van der Waals surface area contributed by atoms with Crippen LogP contribution in [0.15, 0.2) is 42.6 Å². The van der Waals surface area contributed by atoms with E-state index in [0.717, 1.165) is 11.4 Å². The van der Waals surface area contributed by atoms with Gasteiger partial charge in [0.2, 0.25) is 0 Å². The molecule has 1 saturated heterocycles. The Bertz CT molecular complexity index is 603. The highest BCUT2D eigenvalue weighted by molar-refractivity contribution is 5.35. The molecule has 0 bridgehead atoms. The topological polar surface area (TPSA) is 76.5 Å². The fourth-order valence-corrected chi connectivity index (χ4v) is 2.51. The summed E-state index contributed by atoms with van der Waals surface area (Å²) in [4.78, 5) is 8.82. The average Bonchev–Trinajstić information content (AvgIpc) is 3.08. The van der Waals surface area contributed by atoms with Gasteiger partial charge in [-0.2, -0.15) is 0 Å². The number of nitrogens with zero attached hydrogens (tertiary/aromatic N) is 2. The number of rotatable bonds is 7. The van der Waals surface area contributed by atoms with E-state index in [9.17, 15) is 5.11 Å². The second-order valence-electron chi connectivity index (χ2n) is 5.45. The van der Waals surface area contributed by atoms with Crippen molar-refractivity contribution in [3.63, 3.8) is 0 Å². The lowest BCUT2D eigenvalue weighted by Gasteiger charge is -2.19. The van der Waals surface area contributed by atoms with Crippen molar-refractivity contribution in [3.05, 3.63) is 54.0 Å². The van der Waals surface area contributed by atoms with E-state index in [2.05, 4.69) is 27.4 Å². The van der Waals surface area contributed by atoms with Crippen LogP contribution in [0.4, 0.5) is 5.82 Å². The van der Waals surface area contributed by atoms with Crippen LogP contribution in [0.5, 0.6) is 0 Å². The van der Waals surface area contributed by atoms with Gasteiger partial charge in [0.1, 0.15) is 11.6 Å². The van der Waals surface area contributed by atoms with Gasteiger partial charge in [0.05, 0.1) is 25.9 Å². The van der Waals surface area contributed by atoms with Crippen LogP contribution < -0.4 is 5.32 Å². The van der Waals surface area contributed by atoms with Gasteiger partial charge in [-0.3, -0.25) is 0 Å². The second kappa shape index (κ2) is 8.01. The van der Waals surface area contributed by atoms with Gasteiger partial charge < -0.3 is 19.9 Å². The number of aliphatic hydroxyl groups is 1. The monoisotopic (exact) mass is 315 g/mol. The fourth-order valence-electron chi connectivity index (χ4n) is 2.51. The molecule has 1 aromatic heterocycles. The molecule has 2 N–H and O–H groups in total. The number of ether oxygens (including phenoxy) is 2. The van der Waals surface area contributed by atoms with Crippen LogP contribution in [0.2, 0.25) is 0 Å². The molecule has 3 rings (SSSR count). The average molecular weight is 315 g/mol. The summed E-state index contributed by atoms with van der Waals surface area (Å²) in [5, 5.41) is 12.8. The molecule has 6 nitrogen and oxygen atoms in total. The molecular formula is C17H21N3O3. The van der Waals surface area contributed by atoms with Crippen molar-refractivity contribution in [1.82, 2.24) is 9.97 Å². The first kappa shape index (κ1) is 15.9. The number of benzene rings is 1. The molecule has 1 fully saturated rings. The Kier molecular flexibility index (Phi) is 5.52. The van der Waals surface area contributed by atoms with Gasteiger partial charge in [-0.05, 0) is 11.6 Å². The molecule has 2 heterocycles. The van der Waals surface area contributed by atoms with E-state index in [0.29, 0.717) is 31.9 Å². The number of aromatic nitrogens is 2. The van der Waals surface area contributed by atoms with Crippen LogP contribution in [0.1, 0.15) is 17.8 Å². The van der Waals surface area contributed by atoms with Crippen LogP contribution in [0.25, 0.3) is 0 Å². The first-order valence-electron chi connectivity index (χ1n) is 7.80. The number of nitrogens with one attached hydrogen (secondary N) is 1. The Balaban J connectivity index is 1.61. The maximum absolute atomic E-state index is 9.54. The molecule has 0 spiro atoms. The normalized spacial score (nSPS) is 16.4. The van der Waals surface area contributed by atoms with Crippen molar-refractivity contribution < 1.29 is 14.6 Å². The Morgan fingerprint density at radius 3 is 2.70 bits per heavy atom. The zero-order valence-corrected chi connectivity index (χ0v) is 12.9. The van der Waals surface area contributed by atoms with E-state index < -0.39 is 0 Å². The van der Waals surface area contributed by atoms with E-state index in [1.807, 2.05) is 18.2 Å². The van der Waals surface area contributed by atoms with Crippen LogP contribution in [0.3, 0.4) is 0 Å². The molecule has 0 amide bonds. The zero-order valence-electron chi connectivity index (χ0n) is 12.9. The van der Waals surface area contributed by atoms with E-state index in [4.69, 9.17) is 9.47 Å². The summed E-state index contributed by atoms with van der Waals surface area (Å²) in [5.74, 6) is 1.44. The van der Waals surface area contributed by atoms with Crippen molar-refractivity contribution in [3.8, 4) is 0 Å². The Labute approximate surface area is 135 Å². The highest BCUT2D eigenvalue weighted by Crippen LogP contribution is 2.14. The third-order valence-electron chi connectivity index (χ3n) is 3.65. The van der Waals surface area contributed by atoms with Crippen molar-refractivity contribution in [2.75, 3.05) is 25.1 Å². The third kappa shape index (κ3) is 4.72. The molecule has 1 aliphatic heterocycles. The minimum absolute atomic E-state index is 0.0127. The molecule has 0 aliphatic carbocycles. The SMILES string of the molecule is OCC(CC1OCCO1)Nc1ccnc(Cc2ccccc2)n1. The van der Waals surface area contributed by atoms with Crippen molar-refractivity contribution in [1.29, 1.82) is 0 Å². The molecule has 2 aromatic rings. The first-order chi connectivity index (χ1) is 11.3. The number of hydrogen-bond acceptors (Lipinski definition) is 6. The van der Waals surface area contributed by atoms with Crippen LogP contribution >= 0.6 is 0 Å². The predicted octanol–water partition coefficient (Wildman–Crippen LogP) is 1.60. The molecule has 1 aliphatic rings. The predicted molar refractivity (Wildman–Crippen MR) is 86.1 cm³/mol. The summed E-state index contributed by atoms with van der Waals surface area (Å²) in [6.45, 7) is 1.20. The zero-order chi connectivity index (χ0) is 15.9. The summed E-state index contributed by atoms with van der Waals surface area (Å²) in [6, 6.07) is 11.7. The van der Waals surface area contributed by atoms with E-state index in [1.165, 1.54) is 0 Å². The van der Waals surface area contributed by atoms with Gasteiger partial charge >= 0.3 is 0 Å². The van der Waals surface area contributed by atoms with Gasteiger partial charge in [-0.1, -0.05) is 30.3 Å². The van der Waals surface area contributed by atoms with E-state index >= 15 is 0 Å². The largest absolute Gasteiger partial charge is 0.394 e. The molecule has 1 unspecified atom stereocenters. The standard InChI is InChI=1S/C17H21N3O3/c21-12-14(11-17-22-8-9-23-17)19-15-6-7-18-16(20-15)10-13-4-2-1-3-5-13/h1-7,14,17,21H,8-12H2,(H,18,19,20). The number of hydrogen-bond donors (Lipinski definition) is 2. The lowest BCUT2D eigenvalue weighted by Crippen LogP contribution is -2.29. The molecule has 23 heavy (non-hydrogen) atoms. The molecule has 1 aromatic carbocycles. The van der Waals surface area contributed by atoms with Crippen molar-refractivity contribution in [2.24, 2.45) is 0 Å². The molecule has 122 valence electrons. The highest BCUT2D eigenvalue weighted by atomic mass is 16.7. The quantitative estimate of drug-likeness (QED) is 0.808. The Hall–Kier alpha value is -2.02. The third-order valence-corrected chi connectivity index (χ3v) is 3.65. The van der Waals surface area contributed by atoms with E-state index in [1.54, 1.807) is 12.3 Å². The second-order valence-corrected chi connectivity index (χ2v) is 5.45. The summed E-state index contributed by atoms with van der Waals surface area (Å²) < 4.78 is 10.8. The molecule has 1 atom stereocenters. The van der Waals surface area contributed by atoms with Gasteiger partial charge in [-0.15, -0.1) is 0 Å². The highest BCUT2D eigenvalue weighted by Gasteiger charge is 2.21. The van der Waals surface area contributed by atoms with Crippen LogP contribution in [0, 0.1) is 0 Å². The first-order valence-corrected chi connectivity index (χ1v) is 7.80. The van der Waals surface area contributed by atoms with Gasteiger partial charge in [0.25, 0.3) is 0 Å². The Morgan fingerprint density at radius 2 is 1.96 bits per heavy atom. The van der Waals surface area contributed by atoms with Crippen LogP contribution in [-0.4, -0.2) is 47.2 Å². The Morgan fingerprint density at radius 1 is 1.17 bits per heavy atom. The van der Waals surface area contributed by atoms with Gasteiger partial charge in [0.15, 0.2) is 6.29 Å². The number of anilines is 1. The molecule has 0 radical (unpaired) electrons. The van der Waals surface area contributed by atoms with Crippen molar-refractivity contribution in [2.45, 2.75) is 25.2 Å². The minimum atomic E-state index is -0.259. The summed E-state index contributed by atoms with van der Waals surface area (Å²) in [5.41, 5.74) is 1.16. The van der Waals surface area contributed by atoms with Gasteiger partial charge in [-0.25, -0.2) is 9.97 Å². The smallest absolute Gasteiger partial charge is 0.159 e. The number of aliphatic hydroxyl groups excluding tert-OH is 1. The maximum atomic E-state index is 9.54. The summed E-state index contributed by atoms with van der Waals surface area (Å²) in [7, 11) is 0. The lowest BCUT2D eigenvalue weighted by atomic mass is 10.1. The minimum Gasteiger partial charge on any atom is -0.394 e. The maximum Gasteiger partial charge on any atom is 0.159 e. The fraction of sp³-hybridized carbons (Fsp3) is 0.412. The molecule has 6 heteroatoms. The molecular weight excluding hydrogens is 294 g/mol. The lowest BCUT2D eigenvalue weighted by molar-refractivity contribution is -0.0519. The summed E-state index contributed by atoms with van der Waals surface area (Å²) in [6.07, 6.45) is 2.72. The van der Waals surface area contributed by atoms with E-state index in [-0.39, 0.29) is 18.9 Å². The van der Waals surface area contributed by atoms with Crippen LogP contribution in [-0.2, 0) is 15.9 Å². The summed E-state index contributed by atoms with van der Waals surface area (Å²) >= 11 is 0. The van der Waals surface area contributed by atoms with Gasteiger partial charge in [0, 0.05) is 19.0 Å².